The largest absolute Gasteiger partial charge is 0.356 e. The van der Waals surface area contributed by atoms with Crippen molar-refractivity contribution in [3.8, 4) is 0 Å². The molecule has 0 aliphatic carbocycles. The fraction of sp³-hybridized carbons (Fsp3) is 0.684. The monoisotopic (exact) mass is 404 g/mol. The highest BCUT2D eigenvalue weighted by Gasteiger charge is 2.29. The first-order chi connectivity index (χ1) is 13.6. The van der Waals surface area contributed by atoms with E-state index in [-0.39, 0.29) is 0 Å². The van der Waals surface area contributed by atoms with Crippen LogP contribution in [0.4, 0.5) is 0 Å². The van der Waals surface area contributed by atoms with Crippen LogP contribution in [0.2, 0.25) is 0 Å². The van der Waals surface area contributed by atoms with E-state index >= 15 is 0 Å². The zero-order chi connectivity index (χ0) is 19.9. The number of imidazole rings is 1. The molecule has 1 saturated heterocycles. The number of nitrogens with one attached hydrogen (secondary N) is 1. The van der Waals surface area contributed by atoms with E-state index < -0.39 is 0 Å². The van der Waals surface area contributed by atoms with Crippen molar-refractivity contribution in [2.24, 2.45) is 18.0 Å². The smallest absolute Gasteiger partial charge is 0.194 e. The van der Waals surface area contributed by atoms with Crippen LogP contribution < -0.4 is 5.32 Å². The van der Waals surface area contributed by atoms with Gasteiger partial charge in [-0.2, -0.15) is 11.8 Å². The Morgan fingerprint density at radius 3 is 2.93 bits per heavy atom. The molecule has 1 N–H and O–H groups in total. The highest BCUT2D eigenvalue weighted by Crippen LogP contribution is 2.27. The Kier molecular flexibility index (Phi) is 7.36. The number of aliphatic imine (C=N–C) groups is 1. The lowest BCUT2D eigenvalue weighted by molar-refractivity contribution is 0.188. The van der Waals surface area contributed by atoms with Gasteiger partial charge in [-0.15, -0.1) is 10.2 Å². The topological polar surface area (TPSA) is 76.2 Å². The molecule has 154 valence electrons. The maximum Gasteiger partial charge on any atom is 0.194 e. The summed E-state index contributed by atoms with van der Waals surface area (Å²) in [5.74, 6) is 4.53. The van der Waals surface area contributed by atoms with Crippen molar-refractivity contribution in [1.29, 1.82) is 0 Å². The van der Waals surface area contributed by atoms with Gasteiger partial charge in [-0.3, -0.25) is 0 Å². The first kappa shape index (κ1) is 20.7. The summed E-state index contributed by atoms with van der Waals surface area (Å²) in [4.78, 5) is 11.5. The Bertz CT molecular complexity index is 754. The Labute approximate surface area is 171 Å². The van der Waals surface area contributed by atoms with Crippen molar-refractivity contribution < 1.29 is 0 Å². The van der Waals surface area contributed by atoms with E-state index in [0.29, 0.717) is 18.5 Å². The Hall–Kier alpha value is -2.03. The number of guanidine groups is 1. The van der Waals surface area contributed by atoms with E-state index in [1.807, 2.05) is 42.8 Å². The van der Waals surface area contributed by atoms with E-state index in [0.717, 1.165) is 55.8 Å². The van der Waals surface area contributed by atoms with Gasteiger partial charge < -0.3 is 19.4 Å². The van der Waals surface area contributed by atoms with Crippen LogP contribution in [-0.4, -0.2) is 66.8 Å². The summed E-state index contributed by atoms with van der Waals surface area (Å²) >= 11 is 1.88. The molecule has 2 aromatic heterocycles. The van der Waals surface area contributed by atoms with Gasteiger partial charge in [0.15, 0.2) is 11.8 Å². The fourth-order valence-electron chi connectivity index (χ4n) is 3.51. The molecule has 0 bridgehead atoms. The van der Waals surface area contributed by atoms with Crippen molar-refractivity contribution in [2.45, 2.75) is 39.3 Å². The maximum absolute atomic E-state index is 4.91. The molecule has 3 rings (SSSR count). The van der Waals surface area contributed by atoms with Gasteiger partial charge in [-0.05, 0) is 37.7 Å². The number of piperidine rings is 1. The molecule has 2 atom stereocenters. The molecular weight excluding hydrogens is 372 g/mol. The van der Waals surface area contributed by atoms with Crippen LogP contribution in [0.15, 0.2) is 23.7 Å². The molecule has 2 aromatic rings. The van der Waals surface area contributed by atoms with Crippen molar-refractivity contribution >= 4 is 17.7 Å². The van der Waals surface area contributed by atoms with Gasteiger partial charge >= 0.3 is 0 Å². The van der Waals surface area contributed by atoms with Gasteiger partial charge in [0.1, 0.15) is 12.4 Å². The molecule has 3 heterocycles. The lowest BCUT2D eigenvalue weighted by atomic mass is 9.93. The first-order valence-electron chi connectivity index (χ1n) is 9.94. The van der Waals surface area contributed by atoms with E-state index in [2.05, 4.69) is 49.3 Å². The van der Waals surface area contributed by atoms with Crippen molar-refractivity contribution in [2.75, 3.05) is 31.6 Å². The molecular formula is C19H32N8S. The SMILES string of the molecule is CSCCCNC(=NCc1nnc(C)n1C)N1CCC(C)C(n2ccnc2)C1. The standard InChI is InChI=1S/C19H32N8S/c1-15-6-9-26(13-17(15)27-10-8-20-14-27)19(21-7-5-11-28-4)22-12-18-24-23-16(2)25(18)3/h8,10,14-15,17H,5-7,9,11-13H2,1-4H3,(H,21,22). The lowest BCUT2D eigenvalue weighted by Crippen LogP contribution is -2.49. The predicted octanol–water partition coefficient (Wildman–Crippen LogP) is 2.10. The summed E-state index contributed by atoms with van der Waals surface area (Å²) in [6.45, 7) is 7.70. The molecule has 0 amide bonds. The third-order valence-corrected chi connectivity index (χ3v) is 6.18. The molecule has 1 aliphatic rings. The average Bonchev–Trinajstić information content (AvgIpc) is 3.33. The highest BCUT2D eigenvalue weighted by atomic mass is 32.2. The summed E-state index contributed by atoms with van der Waals surface area (Å²) in [6.07, 6.45) is 10.3. The molecule has 0 spiro atoms. The van der Waals surface area contributed by atoms with E-state index in [1.54, 1.807) is 0 Å². The Morgan fingerprint density at radius 2 is 2.25 bits per heavy atom. The molecule has 8 nitrogen and oxygen atoms in total. The predicted molar refractivity (Wildman–Crippen MR) is 114 cm³/mol. The normalized spacial score (nSPS) is 20.6. The third kappa shape index (κ3) is 5.06. The fourth-order valence-corrected chi connectivity index (χ4v) is 3.95. The quantitative estimate of drug-likeness (QED) is 0.433. The number of thioether (sulfide) groups is 1. The van der Waals surface area contributed by atoms with Crippen LogP contribution in [-0.2, 0) is 13.6 Å². The molecule has 1 fully saturated rings. The summed E-state index contributed by atoms with van der Waals surface area (Å²) < 4.78 is 4.23. The molecule has 28 heavy (non-hydrogen) atoms. The summed E-state index contributed by atoms with van der Waals surface area (Å²) in [7, 11) is 1.99. The lowest BCUT2D eigenvalue weighted by Gasteiger charge is -2.39. The number of likely N-dealkylation sites (tertiary alicyclic amines) is 1. The number of hydrogen-bond donors (Lipinski definition) is 1. The van der Waals surface area contributed by atoms with Crippen LogP contribution in [0.5, 0.6) is 0 Å². The molecule has 2 unspecified atom stereocenters. The molecule has 0 radical (unpaired) electrons. The van der Waals surface area contributed by atoms with Crippen LogP contribution in [0.1, 0.15) is 37.5 Å². The van der Waals surface area contributed by atoms with Crippen molar-refractivity contribution in [1.82, 2.24) is 34.5 Å². The van der Waals surface area contributed by atoms with Gasteiger partial charge in [0, 0.05) is 39.1 Å². The van der Waals surface area contributed by atoms with Crippen LogP contribution >= 0.6 is 11.8 Å². The number of nitrogens with zero attached hydrogens (tertiary/aromatic N) is 7. The van der Waals surface area contributed by atoms with E-state index in [9.17, 15) is 0 Å². The molecule has 1 aliphatic heterocycles. The third-order valence-electron chi connectivity index (χ3n) is 5.49. The Balaban J connectivity index is 1.73. The van der Waals surface area contributed by atoms with E-state index in [4.69, 9.17) is 4.99 Å². The van der Waals surface area contributed by atoms with Crippen LogP contribution in [0.3, 0.4) is 0 Å². The van der Waals surface area contributed by atoms with Crippen molar-refractivity contribution in [3.05, 3.63) is 30.4 Å². The zero-order valence-electron chi connectivity index (χ0n) is 17.4. The van der Waals surface area contributed by atoms with Crippen LogP contribution in [0, 0.1) is 12.8 Å². The number of aryl methyl sites for hydroxylation is 1. The van der Waals surface area contributed by atoms with Crippen molar-refractivity contribution in [3.63, 3.8) is 0 Å². The highest BCUT2D eigenvalue weighted by molar-refractivity contribution is 7.98. The summed E-state index contributed by atoms with van der Waals surface area (Å²) in [5.41, 5.74) is 0. The number of aromatic nitrogens is 5. The maximum atomic E-state index is 4.91. The molecule has 9 heteroatoms. The summed E-state index contributed by atoms with van der Waals surface area (Å²) in [5, 5.41) is 12.0. The summed E-state index contributed by atoms with van der Waals surface area (Å²) in [6, 6.07) is 0.409. The minimum Gasteiger partial charge on any atom is -0.356 e. The zero-order valence-corrected chi connectivity index (χ0v) is 18.2. The first-order valence-corrected chi connectivity index (χ1v) is 11.3. The van der Waals surface area contributed by atoms with E-state index in [1.165, 1.54) is 0 Å². The van der Waals surface area contributed by atoms with Gasteiger partial charge in [0.05, 0.1) is 12.4 Å². The average molecular weight is 405 g/mol. The van der Waals surface area contributed by atoms with Gasteiger partial charge in [-0.25, -0.2) is 9.98 Å². The van der Waals surface area contributed by atoms with Crippen LogP contribution in [0.25, 0.3) is 0 Å². The minimum absolute atomic E-state index is 0.409. The second-order valence-electron chi connectivity index (χ2n) is 7.42. The molecule has 0 saturated carbocycles. The Morgan fingerprint density at radius 1 is 1.39 bits per heavy atom. The van der Waals surface area contributed by atoms with Gasteiger partial charge in [0.25, 0.3) is 0 Å². The minimum atomic E-state index is 0.409. The number of rotatable bonds is 7. The van der Waals surface area contributed by atoms with Gasteiger partial charge in [0.2, 0.25) is 0 Å². The number of hydrogen-bond acceptors (Lipinski definition) is 5. The second kappa shape index (κ2) is 9.95. The second-order valence-corrected chi connectivity index (χ2v) is 8.41. The molecule has 0 aromatic carbocycles. The van der Waals surface area contributed by atoms with Gasteiger partial charge in [-0.1, -0.05) is 6.92 Å².